The summed E-state index contributed by atoms with van der Waals surface area (Å²) in [5, 5.41) is 1.81. The number of carbonyl (C=O) groups excluding carboxylic acids is 2. The SMILES string of the molecule is CCOc1ccc(/C=C2\SC(=O)N(CCOc3cccc4ccccc34)C2=O)cc1. The van der Waals surface area contributed by atoms with Gasteiger partial charge in [-0.3, -0.25) is 14.5 Å². The van der Waals surface area contributed by atoms with E-state index in [0.717, 1.165) is 39.6 Å². The number of nitrogens with zero attached hydrogens (tertiary/aromatic N) is 1. The Morgan fingerprint density at radius 2 is 1.70 bits per heavy atom. The number of thioether (sulfide) groups is 1. The largest absolute Gasteiger partial charge is 0.494 e. The number of carbonyl (C=O) groups is 2. The second-order valence-corrected chi connectivity index (χ2v) is 7.65. The third-order valence-corrected chi connectivity index (χ3v) is 5.59. The van der Waals surface area contributed by atoms with Gasteiger partial charge in [0.25, 0.3) is 11.1 Å². The molecule has 1 heterocycles. The maximum Gasteiger partial charge on any atom is 0.293 e. The van der Waals surface area contributed by atoms with Crippen molar-refractivity contribution in [1.29, 1.82) is 0 Å². The van der Waals surface area contributed by atoms with Gasteiger partial charge in [-0.05, 0) is 53.9 Å². The van der Waals surface area contributed by atoms with Crippen molar-refractivity contribution in [2.75, 3.05) is 19.8 Å². The summed E-state index contributed by atoms with van der Waals surface area (Å²) in [6, 6.07) is 21.2. The highest BCUT2D eigenvalue weighted by molar-refractivity contribution is 8.18. The average Bonchev–Trinajstić information content (AvgIpc) is 3.03. The number of hydrogen-bond acceptors (Lipinski definition) is 5. The van der Waals surface area contributed by atoms with Crippen molar-refractivity contribution in [2.24, 2.45) is 0 Å². The number of ether oxygens (including phenoxy) is 2. The van der Waals surface area contributed by atoms with Crippen LogP contribution in [0.25, 0.3) is 16.8 Å². The summed E-state index contributed by atoms with van der Waals surface area (Å²) < 4.78 is 11.3. The highest BCUT2D eigenvalue weighted by Crippen LogP contribution is 2.32. The molecule has 1 saturated heterocycles. The molecule has 0 saturated carbocycles. The molecule has 0 unspecified atom stereocenters. The lowest BCUT2D eigenvalue weighted by atomic mass is 10.1. The van der Waals surface area contributed by atoms with Gasteiger partial charge in [0.1, 0.15) is 18.1 Å². The van der Waals surface area contributed by atoms with E-state index in [1.165, 1.54) is 4.90 Å². The second-order valence-electron chi connectivity index (χ2n) is 6.66. The van der Waals surface area contributed by atoms with E-state index in [9.17, 15) is 9.59 Å². The van der Waals surface area contributed by atoms with Gasteiger partial charge in [-0.2, -0.15) is 0 Å². The molecule has 6 heteroatoms. The van der Waals surface area contributed by atoms with Gasteiger partial charge in [-0.15, -0.1) is 0 Å². The number of benzene rings is 3. The predicted molar refractivity (Wildman–Crippen MR) is 120 cm³/mol. The molecular weight excluding hydrogens is 398 g/mol. The van der Waals surface area contributed by atoms with Crippen LogP contribution in [0.4, 0.5) is 4.79 Å². The van der Waals surface area contributed by atoms with Crippen LogP contribution >= 0.6 is 11.8 Å². The van der Waals surface area contributed by atoms with E-state index in [0.29, 0.717) is 11.5 Å². The highest BCUT2D eigenvalue weighted by Gasteiger charge is 2.34. The van der Waals surface area contributed by atoms with Crippen LogP contribution < -0.4 is 9.47 Å². The molecule has 30 heavy (non-hydrogen) atoms. The van der Waals surface area contributed by atoms with Crippen LogP contribution in [0.1, 0.15) is 12.5 Å². The van der Waals surface area contributed by atoms with Gasteiger partial charge < -0.3 is 9.47 Å². The third-order valence-electron chi connectivity index (χ3n) is 4.68. The van der Waals surface area contributed by atoms with Crippen LogP contribution in [-0.4, -0.2) is 35.8 Å². The molecule has 3 aromatic carbocycles. The van der Waals surface area contributed by atoms with Gasteiger partial charge in [0.2, 0.25) is 0 Å². The molecule has 0 bridgehead atoms. The Balaban J connectivity index is 1.40. The predicted octanol–water partition coefficient (Wildman–Crippen LogP) is 5.35. The Labute approximate surface area is 179 Å². The van der Waals surface area contributed by atoms with Crippen LogP contribution in [0.3, 0.4) is 0 Å². The second kappa shape index (κ2) is 9.05. The fourth-order valence-electron chi connectivity index (χ4n) is 3.24. The number of fused-ring (bicyclic) bond motifs is 1. The van der Waals surface area contributed by atoms with Gasteiger partial charge in [0.15, 0.2) is 0 Å². The average molecular weight is 420 g/mol. The summed E-state index contributed by atoms with van der Waals surface area (Å²) in [7, 11) is 0. The Morgan fingerprint density at radius 3 is 2.50 bits per heavy atom. The summed E-state index contributed by atoms with van der Waals surface area (Å²) in [4.78, 5) is 26.7. The zero-order valence-electron chi connectivity index (χ0n) is 16.5. The maximum atomic E-state index is 12.7. The molecule has 3 aromatic rings. The zero-order valence-corrected chi connectivity index (χ0v) is 17.4. The van der Waals surface area contributed by atoms with Crippen molar-refractivity contribution in [3.63, 3.8) is 0 Å². The monoisotopic (exact) mass is 419 g/mol. The lowest BCUT2D eigenvalue weighted by Gasteiger charge is -2.14. The van der Waals surface area contributed by atoms with Crippen molar-refractivity contribution in [3.05, 3.63) is 77.2 Å². The molecule has 0 spiro atoms. The van der Waals surface area contributed by atoms with Crippen LogP contribution in [-0.2, 0) is 4.79 Å². The van der Waals surface area contributed by atoms with E-state index in [1.807, 2.05) is 73.7 Å². The molecule has 2 amide bonds. The first-order valence-corrected chi connectivity index (χ1v) is 10.6. The van der Waals surface area contributed by atoms with Gasteiger partial charge >= 0.3 is 0 Å². The molecule has 4 rings (SSSR count). The Morgan fingerprint density at radius 1 is 0.933 bits per heavy atom. The van der Waals surface area contributed by atoms with Gasteiger partial charge in [-0.1, -0.05) is 48.5 Å². The van der Waals surface area contributed by atoms with E-state index in [2.05, 4.69) is 0 Å². The van der Waals surface area contributed by atoms with Crippen molar-refractivity contribution < 1.29 is 19.1 Å². The van der Waals surface area contributed by atoms with E-state index in [-0.39, 0.29) is 24.3 Å². The minimum atomic E-state index is -0.291. The minimum Gasteiger partial charge on any atom is -0.494 e. The maximum absolute atomic E-state index is 12.7. The van der Waals surface area contributed by atoms with E-state index < -0.39 is 0 Å². The zero-order chi connectivity index (χ0) is 20.9. The molecule has 0 aromatic heterocycles. The van der Waals surface area contributed by atoms with Crippen molar-refractivity contribution in [3.8, 4) is 11.5 Å². The standard InChI is InChI=1S/C24H21NO4S/c1-2-28-19-12-10-17(11-13-19)16-22-23(26)25(24(27)30-22)14-15-29-21-9-5-7-18-6-3-4-8-20(18)21/h3-13,16H,2,14-15H2,1H3/b22-16-. The van der Waals surface area contributed by atoms with Crippen LogP contribution in [0.15, 0.2) is 71.6 Å². The molecule has 0 N–H and O–H groups in total. The molecular formula is C24H21NO4S. The smallest absolute Gasteiger partial charge is 0.293 e. The normalized spacial score (nSPS) is 15.2. The highest BCUT2D eigenvalue weighted by atomic mass is 32.2. The topological polar surface area (TPSA) is 55.8 Å². The van der Waals surface area contributed by atoms with Gasteiger partial charge in [0.05, 0.1) is 18.1 Å². The molecule has 1 aliphatic rings. The molecule has 152 valence electrons. The van der Waals surface area contributed by atoms with Crippen molar-refractivity contribution in [1.82, 2.24) is 4.90 Å². The first kappa shape index (κ1) is 20.0. The number of rotatable bonds is 7. The first-order chi connectivity index (χ1) is 14.7. The van der Waals surface area contributed by atoms with Crippen LogP contribution in [0.2, 0.25) is 0 Å². The Hall–Kier alpha value is -3.25. The molecule has 0 atom stereocenters. The molecule has 0 radical (unpaired) electrons. The summed E-state index contributed by atoms with van der Waals surface area (Å²) in [5.41, 5.74) is 0.843. The van der Waals surface area contributed by atoms with Crippen LogP contribution in [0, 0.1) is 0 Å². The summed E-state index contributed by atoms with van der Waals surface area (Å²) in [5.74, 6) is 1.22. The fourth-order valence-corrected chi connectivity index (χ4v) is 4.10. The number of hydrogen-bond donors (Lipinski definition) is 0. The van der Waals surface area contributed by atoms with Crippen molar-refractivity contribution in [2.45, 2.75) is 6.92 Å². The quantitative estimate of drug-likeness (QED) is 0.483. The van der Waals surface area contributed by atoms with E-state index in [4.69, 9.17) is 9.47 Å². The summed E-state index contributed by atoms with van der Waals surface area (Å²) in [6.07, 6.45) is 1.73. The first-order valence-electron chi connectivity index (χ1n) is 9.74. The Kier molecular flexibility index (Phi) is 6.05. The summed E-state index contributed by atoms with van der Waals surface area (Å²) >= 11 is 0.952. The Bertz CT molecular complexity index is 1100. The molecule has 1 fully saturated rings. The van der Waals surface area contributed by atoms with Gasteiger partial charge in [0, 0.05) is 5.39 Å². The van der Waals surface area contributed by atoms with Crippen molar-refractivity contribution >= 4 is 39.8 Å². The number of amides is 2. The third kappa shape index (κ3) is 4.33. The van der Waals surface area contributed by atoms with E-state index >= 15 is 0 Å². The lowest BCUT2D eigenvalue weighted by Crippen LogP contribution is -2.32. The van der Waals surface area contributed by atoms with E-state index in [1.54, 1.807) is 6.08 Å². The van der Waals surface area contributed by atoms with Crippen LogP contribution in [0.5, 0.6) is 11.5 Å². The summed E-state index contributed by atoms with van der Waals surface area (Å²) in [6.45, 7) is 2.96. The minimum absolute atomic E-state index is 0.203. The molecule has 5 nitrogen and oxygen atoms in total. The fraction of sp³-hybridized carbons (Fsp3) is 0.167. The molecule has 0 aliphatic carbocycles. The van der Waals surface area contributed by atoms with Gasteiger partial charge in [-0.25, -0.2) is 0 Å². The lowest BCUT2D eigenvalue weighted by molar-refractivity contribution is -0.123. The molecule has 1 aliphatic heterocycles. The number of imide groups is 1.